The van der Waals surface area contributed by atoms with E-state index in [0.717, 1.165) is 11.4 Å². The minimum Gasteiger partial charge on any atom is -0.392 e. The van der Waals surface area contributed by atoms with Crippen molar-refractivity contribution >= 4 is 0 Å². The van der Waals surface area contributed by atoms with E-state index in [2.05, 4.69) is 4.98 Å². The molecule has 0 saturated heterocycles. The van der Waals surface area contributed by atoms with Gasteiger partial charge in [-0.3, -0.25) is 0 Å². The van der Waals surface area contributed by atoms with Crippen LogP contribution >= 0.6 is 0 Å². The molecule has 3 heteroatoms. The number of aliphatic hydroxyl groups excluding tert-OH is 1. The van der Waals surface area contributed by atoms with Gasteiger partial charge >= 0.3 is 0 Å². The second kappa shape index (κ2) is 3.41. The molecule has 0 aliphatic heterocycles. The molecule has 0 saturated carbocycles. The molecule has 0 amide bonds. The summed E-state index contributed by atoms with van der Waals surface area (Å²) in [5.74, 6) is 0.863. The maximum atomic E-state index is 8.81. The molecular formula is C10H10N2O. The zero-order chi connectivity index (χ0) is 9.10. The molecule has 13 heavy (non-hydrogen) atoms. The van der Waals surface area contributed by atoms with Crippen LogP contribution in [-0.4, -0.2) is 14.7 Å². The predicted octanol–water partition coefficient (Wildman–Crippen LogP) is 1.36. The number of nitrogens with zero attached hydrogens (tertiary/aromatic N) is 2. The first-order valence-corrected chi connectivity index (χ1v) is 4.09. The highest BCUT2D eigenvalue weighted by Crippen LogP contribution is 2.05. The molecule has 2 rings (SSSR count). The van der Waals surface area contributed by atoms with Gasteiger partial charge in [-0.2, -0.15) is 0 Å². The fraction of sp³-hybridized carbons (Fsp3) is 0.100. The number of rotatable bonds is 2. The van der Waals surface area contributed by atoms with E-state index in [1.165, 1.54) is 0 Å². The molecule has 0 aliphatic rings. The first kappa shape index (κ1) is 8.01. The van der Waals surface area contributed by atoms with Crippen molar-refractivity contribution in [3.8, 4) is 5.82 Å². The lowest BCUT2D eigenvalue weighted by atomic mass is 10.3. The minimum atomic E-state index is 0.0406. The largest absolute Gasteiger partial charge is 0.392 e. The van der Waals surface area contributed by atoms with Gasteiger partial charge in [0, 0.05) is 18.6 Å². The molecular weight excluding hydrogens is 164 g/mol. The summed E-state index contributed by atoms with van der Waals surface area (Å²) in [4.78, 5) is 4.19. The number of aliphatic hydroxyl groups is 1. The summed E-state index contributed by atoms with van der Waals surface area (Å²) in [6.45, 7) is 0.0406. The van der Waals surface area contributed by atoms with E-state index >= 15 is 0 Å². The van der Waals surface area contributed by atoms with Crippen LogP contribution in [0.3, 0.4) is 0 Å². The van der Waals surface area contributed by atoms with Crippen LogP contribution < -0.4 is 0 Å². The van der Waals surface area contributed by atoms with Gasteiger partial charge in [0.25, 0.3) is 0 Å². The highest BCUT2D eigenvalue weighted by Gasteiger charge is 1.95. The molecule has 66 valence electrons. The number of hydrogen-bond acceptors (Lipinski definition) is 2. The molecule has 0 aromatic carbocycles. The molecule has 0 fully saturated rings. The Morgan fingerprint density at radius 2 is 2.00 bits per heavy atom. The normalized spacial score (nSPS) is 10.2. The Balaban J connectivity index is 2.33. The summed E-state index contributed by atoms with van der Waals surface area (Å²) in [6.07, 6.45) is 5.54. The van der Waals surface area contributed by atoms with E-state index in [1.807, 2.05) is 41.2 Å². The number of aromatic nitrogens is 2. The van der Waals surface area contributed by atoms with Crippen molar-refractivity contribution in [1.29, 1.82) is 0 Å². The first-order valence-electron chi connectivity index (χ1n) is 4.09. The third-order valence-corrected chi connectivity index (χ3v) is 1.86. The van der Waals surface area contributed by atoms with Gasteiger partial charge in [-0.1, -0.05) is 6.07 Å². The second-order valence-electron chi connectivity index (χ2n) is 2.77. The van der Waals surface area contributed by atoms with E-state index in [0.29, 0.717) is 0 Å². The standard InChI is InChI=1S/C10H10N2O/c13-8-9-3-4-10(11-7-9)12-5-1-2-6-12/h1-7,13H,8H2. The molecule has 0 bridgehead atoms. The third kappa shape index (κ3) is 1.60. The SMILES string of the molecule is OCc1ccc(-n2cccc2)nc1. The van der Waals surface area contributed by atoms with Crippen LogP contribution in [0, 0.1) is 0 Å². The fourth-order valence-corrected chi connectivity index (χ4v) is 1.15. The van der Waals surface area contributed by atoms with Gasteiger partial charge in [-0.15, -0.1) is 0 Å². The Labute approximate surface area is 76.3 Å². The zero-order valence-corrected chi connectivity index (χ0v) is 7.09. The van der Waals surface area contributed by atoms with Crippen LogP contribution in [0.5, 0.6) is 0 Å². The Hall–Kier alpha value is -1.61. The predicted molar refractivity (Wildman–Crippen MR) is 49.5 cm³/mol. The van der Waals surface area contributed by atoms with Gasteiger partial charge in [0.1, 0.15) is 5.82 Å². The maximum absolute atomic E-state index is 8.81. The topological polar surface area (TPSA) is 38.0 Å². The summed E-state index contributed by atoms with van der Waals surface area (Å²) < 4.78 is 1.92. The van der Waals surface area contributed by atoms with Gasteiger partial charge in [-0.05, 0) is 23.8 Å². The Morgan fingerprint density at radius 1 is 1.23 bits per heavy atom. The van der Waals surface area contributed by atoms with Crippen molar-refractivity contribution in [3.05, 3.63) is 48.4 Å². The van der Waals surface area contributed by atoms with E-state index < -0.39 is 0 Å². The monoisotopic (exact) mass is 174 g/mol. The minimum absolute atomic E-state index is 0.0406. The van der Waals surface area contributed by atoms with Gasteiger partial charge < -0.3 is 9.67 Å². The molecule has 0 unspecified atom stereocenters. The molecule has 1 N–H and O–H groups in total. The summed E-state index contributed by atoms with van der Waals surface area (Å²) in [6, 6.07) is 7.64. The van der Waals surface area contributed by atoms with Crippen molar-refractivity contribution in [2.24, 2.45) is 0 Å². The van der Waals surface area contributed by atoms with Crippen LogP contribution in [0.2, 0.25) is 0 Å². The van der Waals surface area contributed by atoms with Crippen LogP contribution in [-0.2, 0) is 6.61 Å². The van der Waals surface area contributed by atoms with E-state index in [-0.39, 0.29) is 6.61 Å². The average Bonchev–Trinajstić information content (AvgIpc) is 2.71. The highest BCUT2D eigenvalue weighted by atomic mass is 16.3. The lowest BCUT2D eigenvalue weighted by Gasteiger charge is -2.01. The smallest absolute Gasteiger partial charge is 0.136 e. The van der Waals surface area contributed by atoms with Crippen molar-refractivity contribution < 1.29 is 5.11 Å². The maximum Gasteiger partial charge on any atom is 0.136 e. The molecule has 0 aliphatic carbocycles. The second-order valence-corrected chi connectivity index (χ2v) is 2.77. The first-order chi connectivity index (χ1) is 6.40. The van der Waals surface area contributed by atoms with Crippen LogP contribution in [0.4, 0.5) is 0 Å². The quantitative estimate of drug-likeness (QED) is 0.746. The third-order valence-electron chi connectivity index (χ3n) is 1.86. The van der Waals surface area contributed by atoms with E-state index in [9.17, 15) is 0 Å². The van der Waals surface area contributed by atoms with Gasteiger partial charge in [0.2, 0.25) is 0 Å². The lowest BCUT2D eigenvalue weighted by Crippen LogP contribution is -1.94. The summed E-state index contributed by atoms with van der Waals surface area (Å²) in [5.41, 5.74) is 0.830. The molecule has 3 nitrogen and oxygen atoms in total. The fourth-order valence-electron chi connectivity index (χ4n) is 1.15. The van der Waals surface area contributed by atoms with Gasteiger partial charge in [0.15, 0.2) is 0 Å². The molecule has 2 aromatic heterocycles. The van der Waals surface area contributed by atoms with Crippen molar-refractivity contribution in [1.82, 2.24) is 9.55 Å². The van der Waals surface area contributed by atoms with Gasteiger partial charge in [0.05, 0.1) is 6.61 Å². The molecule has 0 radical (unpaired) electrons. The van der Waals surface area contributed by atoms with E-state index in [4.69, 9.17) is 5.11 Å². The summed E-state index contributed by atoms with van der Waals surface area (Å²) in [7, 11) is 0. The number of pyridine rings is 1. The Morgan fingerprint density at radius 3 is 2.54 bits per heavy atom. The molecule has 0 spiro atoms. The van der Waals surface area contributed by atoms with Crippen molar-refractivity contribution in [2.45, 2.75) is 6.61 Å². The van der Waals surface area contributed by atoms with Crippen LogP contribution in [0.15, 0.2) is 42.9 Å². The average molecular weight is 174 g/mol. The Bertz CT molecular complexity index is 364. The Kier molecular flexibility index (Phi) is 2.10. The van der Waals surface area contributed by atoms with Crippen LogP contribution in [0.1, 0.15) is 5.56 Å². The van der Waals surface area contributed by atoms with Crippen molar-refractivity contribution in [2.75, 3.05) is 0 Å². The zero-order valence-electron chi connectivity index (χ0n) is 7.09. The molecule has 0 atom stereocenters. The number of hydrogen-bond donors (Lipinski definition) is 1. The van der Waals surface area contributed by atoms with E-state index in [1.54, 1.807) is 6.20 Å². The summed E-state index contributed by atoms with van der Waals surface area (Å²) >= 11 is 0. The summed E-state index contributed by atoms with van der Waals surface area (Å²) in [5, 5.41) is 8.81. The van der Waals surface area contributed by atoms with Crippen LogP contribution in [0.25, 0.3) is 5.82 Å². The molecule has 2 aromatic rings. The lowest BCUT2D eigenvalue weighted by molar-refractivity contribution is 0.281. The van der Waals surface area contributed by atoms with Gasteiger partial charge in [-0.25, -0.2) is 4.98 Å². The molecule has 2 heterocycles. The van der Waals surface area contributed by atoms with Crippen molar-refractivity contribution in [3.63, 3.8) is 0 Å². The highest BCUT2D eigenvalue weighted by molar-refractivity contribution is 5.25.